The van der Waals surface area contributed by atoms with Crippen molar-refractivity contribution in [2.45, 2.75) is 20.8 Å². The summed E-state index contributed by atoms with van der Waals surface area (Å²) in [7, 11) is 0. The second kappa shape index (κ2) is 8.61. The fourth-order valence-electron chi connectivity index (χ4n) is 3.20. The SMILES string of the molecule is CCOC(=O)COc1ccc2c(c1)c(C(=O)OCC)c(C)n2-c1ccccc1. The summed E-state index contributed by atoms with van der Waals surface area (Å²) in [5.74, 6) is -0.343. The van der Waals surface area contributed by atoms with E-state index in [0.29, 0.717) is 23.3 Å². The molecular formula is C22H23NO5. The van der Waals surface area contributed by atoms with E-state index in [1.807, 2.05) is 47.9 Å². The molecule has 1 heterocycles. The molecule has 0 saturated heterocycles. The number of aromatic nitrogens is 1. The summed E-state index contributed by atoms with van der Waals surface area (Å²) in [5.41, 5.74) is 3.07. The highest BCUT2D eigenvalue weighted by atomic mass is 16.6. The minimum atomic E-state index is -0.439. The number of nitrogens with zero attached hydrogens (tertiary/aromatic N) is 1. The van der Waals surface area contributed by atoms with Gasteiger partial charge in [-0.05, 0) is 51.1 Å². The zero-order chi connectivity index (χ0) is 20.1. The Balaban J connectivity index is 2.09. The predicted molar refractivity (Wildman–Crippen MR) is 106 cm³/mol. The lowest BCUT2D eigenvalue weighted by Crippen LogP contribution is -2.14. The lowest BCUT2D eigenvalue weighted by Gasteiger charge is -2.09. The van der Waals surface area contributed by atoms with Crippen LogP contribution in [0.2, 0.25) is 0 Å². The van der Waals surface area contributed by atoms with E-state index in [2.05, 4.69) is 0 Å². The van der Waals surface area contributed by atoms with Crippen LogP contribution in [0.3, 0.4) is 0 Å². The number of fused-ring (bicyclic) bond motifs is 1. The Hall–Kier alpha value is -3.28. The molecule has 2 aromatic carbocycles. The van der Waals surface area contributed by atoms with Gasteiger partial charge in [-0.2, -0.15) is 0 Å². The Morgan fingerprint density at radius 2 is 1.68 bits per heavy atom. The molecule has 0 atom stereocenters. The molecule has 28 heavy (non-hydrogen) atoms. The smallest absolute Gasteiger partial charge is 0.344 e. The number of carbonyl (C=O) groups is 2. The molecule has 6 nitrogen and oxygen atoms in total. The molecule has 0 bridgehead atoms. The molecule has 6 heteroatoms. The van der Waals surface area contributed by atoms with Gasteiger partial charge in [0.05, 0.1) is 24.3 Å². The number of para-hydroxylation sites is 1. The maximum atomic E-state index is 12.6. The first-order valence-electron chi connectivity index (χ1n) is 9.22. The van der Waals surface area contributed by atoms with Crippen molar-refractivity contribution < 1.29 is 23.8 Å². The highest BCUT2D eigenvalue weighted by molar-refractivity contribution is 6.07. The van der Waals surface area contributed by atoms with Crippen molar-refractivity contribution in [2.75, 3.05) is 19.8 Å². The van der Waals surface area contributed by atoms with E-state index in [1.54, 1.807) is 26.0 Å². The Morgan fingerprint density at radius 3 is 2.36 bits per heavy atom. The van der Waals surface area contributed by atoms with Crippen molar-refractivity contribution >= 4 is 22.8 Å². The first kappa shape index (κ1) is 19.5. The lowest BCUT2D eigenvalue weighted by molar-refractivity contribution is -0.145. The van der Waals surface area contributed by atoms with Gasteiger partial charge in [-0.1, -0.05) is 18.2 Å². The van der Waals surface area contributed by atoms with E-state index in [4.69, 9.17) is 14.2 Å². The van der Waals surface area contributed by atoms with Gasteiger partial charge in [0.1, 0.15) is 5.75 Å². The fourth-order valence-corrected chi connectivity index (χ4v) is 3.20. The predicted octanol–water partition coefficient (Wildman–Crippen LogP) is 4.06. The molecule has 0 unspecified atom stereocenters. The van der Waals surface area contributed by atoms with Crippen LogP contribution in [0.25, 0.3) is 16.6 Å². The van der Waals surface area contributed by atoms with E-state index in [1.165, 1.54) is 0 Å². The van der Waals surface area contributed by atoms with Crippen LogP contribution in [-0.2, 0) is 14.3 Å². The molecule has 0 amide bonds. The number of benzene rings is 2. The van der Waals surface area contributed by atoms with Crippen LogP contribution in [0.1, 0.15) is 29.9 Å². The third-order valence-corrected chi connectivity index (χ3v) is 4.33. The summed E-state index contributed by atoms with van der Waals surface area (Å²) in [6, 6.07) is 15.2. The first-order valence-corrected chi connectivity index (χ1v) is 9.22. The molecule has 0 saturated carbocycles. The van der Waals surface area contributed by atoms with E-state index < -0.39 is 5.97 Å². The van der Waals surface area contributed by atoms with Crippen LogP contribution >= 0.6 is 0 Å². The maximum Gasteiger partial charge on any atom is 0.344 e. The van der Waals surface area contributed by atoms with Crippen LogP contribution < -0.4 is 4.74 Å². The zero-order valence-corrected chi connectivity index (χ0v) is 16.2. The number of hydrogen-bond donors (Lipinski definition) is 0. The maximum absolute atomic E-state index is 12.6. The molecule has 3 rings (SSSR count). The van der Waals surface area contributed by atoms with E-state index in [-0.39, 0.29) is 19.2 Å². The number of esters is 2. The van der Waals surface area contributed by atoms with Gasteiger partial charge in [0, 0.05) is 16.8 Å². The van der Waals surface area contributed by atoms with Crippen LogP contribution in [-0.4, -0.2) is 36.3 Å². The van der Waals surface area contributed by atoms with Gasteiger partial charge < -0.3 is 18.8 Å². The quantitative estimate of drug-likeness (QED) is 0.578. The Kier molecular flexibility index (Phi) is 5.99. The normalized spacial score (nSPS) is 10.7. The van der Waals surface area contributed by atoms with Crippen molar-refractivity contribution in [1.29, 1.82) is 0 Å². The first-order chi connectivity index (χ1) is 13.6. The molecule has 0 fully saturated rings. The van der Waals surface area contributed by atoms with Gasteiger partial charge in [0.2, 0.25) is 0 Å². The van der Waals surface area contributed by atoms with Gasteiger partial charge in [-0.15, -0.1) is 0 Å². The molecule has 0 aliphatic heterocycles. The van der Waals surface area contributed by atoms with Crippen LogP contribution in [0.4, 0.5) is 0 Å². The summed E-state index contributed by atoms with van der Waals surface area (Å²) in [4.78, 5) is 24.2. The second-order valence-corrected chi connectivity index (χ2v) is 6.12. The number of carbonyl (C=O) groups excluding carboxylic acids is 2. The lowest BCUT2D eigenvalue weighted by atomic mass is 10.1. The van der Waals surface area contributed by atoms with Gasteiger partial charge >= 0.3 is 11.9 Å². The van der Waals surface area contributed by atoms with Crippen molar-refractivity contribution in [3.05, 3.63) is 59.8 Å². The van der Waals surface area contributed by atoms with Crippen LogP contribution in [0, 0.1) is 6.92 Å². The highest BCUT2D eigenvalue weighted by Crippen LogP contribution is 2.32. The standard InChI is InChI=1S/C22H23NO5/c1-4-26-20(24)14-28-17-11-12-19-18(13-17)21(22(25)27-5-2)15(3)23(19)16-9-7-6-8-10-16/h6-13H,4-5,14H2,1-3H3. The average molecular weight is 381 g/mol. The van der Waals surface area contributed by atoms with Crippen molar-refractivity contribution in [2.24, 2.45) is 0 Å². The van der Waals surface area contributed by atoms with Gasteiger partial charge in [0.15, 0.2) is 6.61 Å². The summed E-state index contributed by atoms with van der Waals surface area (Å²) < 4.78 is 17.7. The Labute approximate surface area is 163 Å². The van der Waals surface area contributed by atoms with E-state index in [0.717, 1.165) is 16.9 Å². The summed E-state index contributed by atoms with van der Waals surface area (Å²) >= 11 is 0. The molecule has 0 aliphatic rings. The molecule has 1 aromatic heterocycles. The van der Waals surface area contributed by atoms with E-state index in [9.17, 15) is 9.59 Å². The third-order valence-electron chi connectivity index (χ3n) is 4.33. The van der Waals surface area contributed by atoms with Gasteiger partial charge in [-0.3, -0.25) is 0 Å². The second-order valence-electron chi connectivity index (χ2n) is 6.12. The van der Waals surface area contributed by atoms with Crippen molar-refractivity contribution in [1.82, 2.24) is 4.57 Å². The minimum Gasteiger partial charge on any atom is -0.482 e. The van der Waals surface area contributed by atoms with Crippen LogP contribution in [0.5, 0.6) is 5.75 Å². The summed E-state index contributed by atoms with van der Waals surface area (Å²) in [5, 5.41) is 0.709. The fraction of sp³-hybridized carbons (Fsp3) is 0.273. The topological polar surface area (TPSA) is 66.8 Å². The third kappa shape index (κ3) is 3.86. The zero-order valence-electron chi connectivity index (χ0n) is 16.2. The van der Waals surface area contributed by atoms with Gasteiger partial charge in [-0.25, -0.2) is 9.59 Å². The van der Waals surface area contributed by atoms with Crippen LogP contribution in [0.15, 0.2) is 48.5 Å². The summed E-state index contributed by atoms with van der Waals surface area (Å²) in [6.07, 6.45) is 0. The Morgan fingerprint density at radius 1 is 0.964 bits per heavy atom. The summed E-state index contributed by atoms with van der Waals surface area (Å²) in [6.45, 7) is 5.80. The highest BCUT2D eigenvalue weighted by Gasteiger charge is 2.22. The average Bonchev–Trinajstić information content (AvgIpc) is 2.98. The Bertz CT molecular complexity index is 991. The molecule has 3 aromatic rings. The molecule has 146 valence electrons. The number of hydrogen-bond acceptors (Lipinski definition) is 5. The molecule has 0 spiro atoms. The molecular weight excluding hydrogens is 358 g/mol. The van der Waals surface area contributed by atoms with Crippen molar-refractivity contribution in [3.63, 3.8) is 0 Å². The largest absolute Gasteiger partial charge is 0.482 e. The number of ether oxygens (including phenoxy) is 3. The van der Waals surface area contributed by atoms with Crippen molar-refractivity contribution in [3.8, 4) is 11.4 Å². The monoisotopic (exact) mass is 381 g/mol. The molecule has 0 N–H and O–H groups in total. The molecule has 0 radical (unpaired) electrons. The molecule has 0 aliphatic carbocycles. The van der Waals surface area contributed by atoms with Gasteiger partial charge in [0.25, 0.3) is 0 Å². The minimum absolute atomic E-state index is 0.188. The number of rotatable bonds is 7. The van der Waals surface area contributed by atoms with E-state index >= 15 is 0 Å².